The number of nitrogens with zero attached hydrogens (tertiary/aromatic N) is 3. The van der Waals surface area contributed by atoms with Crippen LogP contribution in [0.3, 0.4) is 0 Å². The van der Waals surface area contributed by atoms with Gasteiger partial charge in [-0.3, -0.25) is 0 Å². The molecule has 1 heterocycles. The molecule has 0 atom stereocenters. The molecular weight excluding hydrogens is 306 g/mol. The van der Waals surface area contributed by atoms with E-state index < -0.39 is 9.84 Å². The molecule has 0 aliphatic heterocycles. The molecule has 0 radical (unpaired) electrons. The molecule has 0 aliphatic rings. The van der Waals surface area contributed by atoms with Crippen molar-refractivity contribution in [3.8, 4) is 0 Å². The van der Waals surface area contributed by atoms with Crippen LogP contribution in [0.1, 0.15) is 0 Å². The van der Waals surface area contributed by atoms with Crippen molar-refractivity contribution in [2.75, 3.05) is 11.5 Å². The van der Waals surface area contributed by atoms with E-state index in [-0.39, 0.29) is 10.6 Å². The Balaban J connectivity index is 1.98. The number of halogens is 1. The minimum Gasteiger partial charge on any atom is -0.312 e. The first kappa shape index (κ1) is 14.4. The summed E-state index contributed by atoms with van der Waals surface area (Å²) in [5.74, 6) is 0.476. The topological polar surface area (TPSA) is 64.8 Å². The average molecular weight is 318 g/mol. The summed E-state index contributed by atoms with van der Waals surface area (Å²) in [5, 5.41) is 8.84. The standard InChI is InChI=1S/C11H12ClN3O2S2/c1-15-8-13-14-11(15)18-6-7-19(16,17)10-4-2-9(12)3-5-10/h2-5,8H,6-7H2,1H3. The van der Waals surface area contributed by atoms with Crippen molar-refractivity contribution < 1.29 is 8.42 Å². The summed E-state index contributed by atoms with van der Waals surface area (Å²) in [6, 6.07) is 6.18. The van der Waals surface area contributed by atoms with E-state index in [1.54, 1.807) is 23.0 Å². The van der Waals surface area contributed by atoms with Crippen molar-refractivity contribution in [1.29, 1.82) is 0 Å². The SMILES string of the molecule is Cn1cnnc1SCCS(=O)(=O)c1ccc(Cl)cc1. The van der Waals surface area contributed by atoms with Gasteiger partial charge in [0.2, 0.25) is 0 Å². The molecule has 0 amide bonds. The van der Waals surface area contributed by atoms with Crippen LogP contribution in [0.5, 0.6) is 0 Å². The number of benzene rings is 1. The highest BCUT2D eigenvalue weighted by molar-refractivity contribution is 8.00. The van der Waals surface area contributed by atoms with Crippen LogP contribution in [0.2, 0.25) is 5.02 Å². The number of rotatable bonds is 5. The van der Waals surface area contributed by atoms with Crippen LogP contribution in [0.15, 0.2) is 40.6 Å². The third kappa shape index (κ3) is 3.71. The summed E-state index contributed by atoms with van der Waals surface area (Å²) in [6.07, 6.45) is 1.58. The molecule has 2 aromatic rings. The predicted octanol–water partition coefficient (Wildman–Crippen LogP) is 2.03. The van der Waals surface area contributed by atoms with Gasteiger partial charge in [0, 0.05) is 17.8 Å². The van der Waals surface area contributed by atoms with Crippen LogP contribution in [0, 0.1) is 0 Å². The molecular formula is C11H12ClN3O2S2. The van der Waals surface area contributed by atoms with Gasteiger partial charge in [-0.25, -0.2) is 8.42 Å². The van der Waals surface area contributed by atoms with Crippen LogP contribution < -0.4 is 0 Å². The minimum absolute atomic E-state index is 0.0478. The Kier molecular flexibility index (Phi) is 4.49. The first-order valence-corrected chi connectivity index (χ1v) is 8.46. The normalized spacial score (nSPS) is 11.7. The molecule has 1 aromatic heterocycles. The van der Waals surface area contributed by atoms with Crippen LogP contribution in [-0.4, -0.2) is 34.7 Å². The molecule has 0 N–H and O–H groups in total. The Morgan fingerprint density at radius 1 is 1.32 bits per heavy atom. The number of hydrogen-bond acceptors (Lipinski definition) is 5. The maximum atomic E-state index is 12.1. The fraction of sp³-hybridized carbons (Fsp3) is 0.273. The van der Waals surface area contributed by atoms with Crippen molar-refractivity contribution in [3.63, 3.8) is 0 Å². The molecule has 0 bridgehead atoms. The molecule has 0 saturated carbocycles. The van der Waals surface area contributed by atoms with Crippen molar-refractivity contribution >= 4 is 33.2 Å². The minimum atomic E-state index is -3.28. The Hall–Kier alpha value is -1.05. The Morgan fingerprint density at radius 3 is 2.58 bits per heavy atom. The average Bonchev–Trinajstić information content (AvgIpc) is 2.75. The predicted molar refractivity (Wildman–Crippen MR) is 75.2 cm³/mol. The highest BCUT2D eigenvalue weighted by Crippen LogP contribution is 2.18. The summed E-state index contributed by atoms with van der Waals surface area (Å²) in [6.45, 7) is 0. The van der Waals surface area contributed by atoms with Gasteiger partial charge in [-0.15, -0.1) is 10.2 Å². The lowest BCUT2D eigenvalue weighted by molar-refractivity contribution is 0.597. The summed E-state index contributed by atoms with van der Waals surface area (Å²) in [7, 11) is -1.46. The van der Waals surface area contributed by atoms with Crippen LogP contribution in [-0.2, 0) is 16.9 Å². The summed E-state index contributed by atoms with van der Waals surface area (Å²) < 4.78 is 25.9. The van der Waals surface area contributed by atoms with Crippen LogP contribution in [0.25, 0.3) is 0 Å². The van der Waals surface area contributed by atoms with Gasteiger partial charge < -0.3 is 4.57 Å². The van der Waals surface area contributed by atoms with Crippen molar-refractivity contribution in [1.82, 2.24) is 14.8 Å². The summed E-state index contributed by atoms with van der Waals surface area (Å²) >= 11 is 7.10. The highest BCUT2D eigenvalue weighted by Gasteiger charge is 2.14. The Morgan fingerprint density at radius 2 is 2.00 bits per heavy atom. The third-order valence-electron chi connectivity index (χ3n) is 2.43. The van der Waals surface area contributed by atoms with E-state index in [9.17, 15) is 8.42 Å². The second kappa shape index (κ2) is 5.94. The smallest absolute Gasteiger partial charge is 0.190 e. The van der Waals surface area contributed by atoms with E-state index in [0.29, 0.717) is 15.9 Å². The molecule has 2 rings (SSSR count). The van der Waals surface area contributed by atoms with E-state index in [0.717, 1.165) is 0 Å². The molecule has 0 spiro atoms. The first-order chi connectivity index (χ1) is 8.99. The monoisotopic (exact) mass is 317 g/mol. The van der Waals surface area contributed by atoms with Gasteiger partial charge in [-0.1, -0.05) is 23.4 Å². The number of sulfone groups is 1. The van der Waals surface area contributed by atoms with E-state index in [1.165, 1.54) is 23.9 Å². The zero-order chi connectivity index (χ0) is 13.9. The van der Waals surface area contributed by atoms with Gasteiger partial charge in [-0.05, 0) is 24.3 Å². The molecule has 0 fully saturated rings. The second-order valence-electron chi connectivity index (χ2n) is 3.85. The van der Waals surface area contributed by atoms with Crippen molar-refractivity contribution in [2.45, 2.75) is 10.1 Å². The summed E-state index contributed by atoms with van der Waals surface area (Å²) in [5.41, 5.74) is 0. The largest absolute Gasteiger partial charge is 0.312 e. The maximum Gasteiger partial charge on any atom is 0.190 e. The lowest BCUT2D eigenvalue weighted by atomic mass is 10.4. The quantitative estimate of drug-likeness (QED) is 0.790. The zero-order valence-electron chi connectivity index (χ0n) is 10.2. The molecule has 1 aromatic carbocycles. The van der Waals surface area contributed by atoms with Crippen LogP contribution >= 0.6 is 23.4 Å². The maximum absolute atomic E-state index is 12.1. The van der Waals surface area contributed by atoms with E-state index in [4.69, 9.17) is 11.6 Å². The molecule has 8 heteroatoms. The summed E-state index contributed by atoms with van der Waals surface area (Å²) in [4.78, 5) is 0.287. The molecule has 102 valence electrons. The molecule has 0 saturated heterocycles. The number of hydrogen-bond donors (Lipinski definition) is 0. The number of aromatic nitrogens is 3. The van der Waals surface area contributed by atoms with Crippen molar-refractivity contribution in [3.05, 3.63) is 35.6 Å². The van der Waals surface area contributed by atoms with E-state index in [1.807, 2.05) is 7.05 Å². The van der Waals surface area contributed by atoms with Crippen LogP contribution in [0.4, 0.5) is 0 Å². The first-order valence-electron chi connectivity index (χ1n) is 5.44. The Labute approximate surface area is 120 Å². The van der Waals surface area contributed by atoms with Gasteiger partial charge in [0.25, 0.3) is 0 Å². The van der Waals surface area contributed by atoms with E-state index in [2.05, 4.69) is 10.2 Å². The van der Waals surface area contributed by atoms with Gasteiger partial charge in [0.15, 0.2) is 15.0 Å². The molecule has 0 unspecified atom stereocenters. The third-order valence-corrected chi connectivity index (χ3v) is 5.70. The molecule has 5 nitrogen and oxygen atoms in total. The lowest BCUT2D eigenvalue weighted by Crippen LogP contribution is -2.09. The molecule has 0 aliphatic carbocycles. The van der Waals surface area contributed by atoms with E-state index >= 15 is 0 Å². The fourth-order valence-electron chi connectivity index (χ4n) is 1.41. The number of thioether (sulfide) groups is 1. The highest BCUT2D eigenvalue weighted by atomic mass is 35.5. The fourth-order valence-corrected chi connectivity index (χ4v) is 4.07. The second-order valence-corrected chi connectivity index (χ2v) is 7.45. The van der Waals surface area contributed by atoms with Gasteiger partial charge in [0.1, 0.15) is 6.33 Å². The number of aryl methyl sites for hydroxylation is 1. The zero-order valence-corrected chi connectivity index (χ0v) is 12.5. The van der Waals surface area contributed by atoms with Gasteiger partial charge in [-0.2, -0.15) is 0 Å². The molecule has 19 heavy (non-hydrogen) atoms. The Bertz CT molecular complexity index is 653. The van der Waals surface area contributed by atoms with Gasteiger partial charge in [0.05, 0.1) is 10.6 Å². The van der Waals surface area contributed by atoms with Crippen molar-refractivity contribution in [2.24, 2.45) is 7.05 Å². The van der Waals surface area contributed by atoms with Gasteiger partial charge >= 0.3 is 0 Å². The lowest BCUT2D eigenvalue weighted by Gasteiger charge is -2.04.